The number of fused-ring (bicyclic) bond motifs is 1. The van der Waals surface area contributed by atoms with E-state index in [1.165, 1.54) is 0 Å². The van der Waals surface area contributed by atoms with E-state index in [0.29, 0.717) is 17.0 Å². The van der Waals surface area contributed by atoms with Crippen LogP contribution in [0, 0.1) is 6.92 Å². The molecule has 1 N–H and O–H groups in total. The third-order valence-electron chi connectivity index (χ3n) is 5.21. The molecule has 34 heavy (non-hydrogen) atoms. The summed E-state index contributed by atoms with van der Waals surface area (Å²) in [6.07, 6.45) is 0.779. The molecule has 0 bridgehead atoms. The Balaban J connectivity index is 1.59. The van der Waals surface area contributed by atoms with Crippen molar-refractivity contribution >= 4 is 17.4 Å². The first-order chi connectivity index (χ1) is 16.1. The summed E-state index contributed by atoms with van der Waals surface area (Å²) >= 11 is 0. The van der Waals surface area contributed by atoms with Crippen LogP contribution in [0.1, 0.15) is 11.1 Å². The fraction of sp³-hybridized carbons (Fsp3) is 0.250. The lowest BCUT2D eigenvalue weighted by Crippen LogP contribution is -2.34. The van der Waals surface area contributed by atoms with Gasteiger partial charge >= 0.3 is 6.18 Å². The summed E-state index contributed by atoms with van der Waals surface area (Å²) < 4.78 is 38.9. The van der Waals surface area contributed by atoms with Gasteiger partial charge in [-0.1, -0.05) is 18.2 Å². The van der Waals surface area contributed by atoms with Crippen LogP contribution in [-0.2, 0) is 11.2 Å². The second-order valence-electron chi connectivity index (χ2n) is 8.15. The summed E-state index contributed by atoms with van der Waals surface area (Å²) in [5, 5.41) is 1.89. The summed E-state index contributed by atoms with van der Waals surface area (Å²) in [5.74, 6) is 0.741. The van der Waals surface area contributed by atoms with Gasteiger partial charge in [-0.15, -0.1) is 0 Å². The molecule has 176 valence electrons. The largest absolute Gasteiger partial charge is 0.405 e. The van der Waals surface area contributed by atoms with E-state index in [0.717, 1.165) is 28.2 Å². The van der Waals surface area contributed by atoms with Crippen molar-refractivity contribution in [2.24, 2.45) is 0 Å². The van der Waals surface area contributed by atoms with Crippen LogP contribution in [0.15, 0.2) is 55.0 Å². The van der Waals surface area contributed by atoms with E-state index in [1.807, 2.05) is 60.0 Å². The number of halogens is 3. The molecule has 1 amide bonds. The van der Waals surface area contributed by atoms with Crippen molar-refractivity contribution in [3.8, 4) is 22.6 Å². The van der Waals surface area contributed by atoms with Crippen molar-refractivity contribution in [3.63, 3.8) is 0 Å². The summed E-state index contributed by atoms with van der Waals surface area (Å²) in [7, 11) is 3.86. The number of anilines is 1. The summed E-state index contributed by atoms with van der Waals surface area (Å²) in [6, 6.07) is 10.9. The number of nitrogens with one attached hydrogen (secondary N) is 1. The molecule has 0 aliphatic rings. The normalized spacial score (nSPS) is 11.6. The maximum atomic E-state index is 12.3. The standard InChI is InChI=1S/C24H23F3N6O/c1-15-12-29-22(31-23(15)32(2)3)18-7-8-33-19(13-28-20(33)11-18)17-6-4-5-16(9-17)10-21(34)30-14-24(25,26)27/h4-9,11-13H,10,14H2,1-3H3,(H,30,34). The Labute approximate surface area is 194 Å². The first kappa shape index (κ1) is 23.2. The van der Waals surface area contributed by atoms with E-state index in [9.17, 15) is 18.0 Å². The Morgan fingerprint density at radius 3 is 2.62 bits per heavy atom. The Kier molecular flexibility index (Phi) is 6.23. The highest BCUT2D eigenvalue weighted by molar-refractivity contribution is 5.79. The molecule has 1 aromatic carbocycles. The van der Waals surface area contributed by atoms with Crippen LogP contribution < -0.4 is 10.2 Å². The Bertz CT molecular complexity index is 1350. The number of pyridine rings is 1. The van der Waals surface area contributed by atoms with E-state index in [1.54, 1.807) is 30.6 Å². The predicted octanol–water partition coefficient (Wildman–Crippen LogP) is 4.05. The van der Waals surface area contributed by atoms with Gasteiger partial charge in [0.05, 0.1) is 18.3 Å². The van der Waals surface area contributed by atoms with Gasteiger partial charge in [0, 0.05) is 43.2 Å². The number of rotatable bonds is 6. The maximum absolute atomic E-state index is 12.3. The number of benzene rings is 1. The predicted molar refractivity (Wildman–Crippen MR) is 123 cm³/mol. The molecule has 7 nitrogen and oxygen atoms in total. The lowest BCUT2D eigenvalue weighted by molar-refractivity contribution is -0.138. The summed E-state index contributed by atoms with van der Waals surface area (Å²) in [5.41, 5.74) is 4.68. The van der Waals surface area contributed by atoms with Crippen LogP contribution in [0.3, 0.4) is 0 Å². The quantitative estimate of drug-likeness (QED) is 0.462. The molecule has 0 spiro atoms. The number of hydrogen-bond donors (Lipinski definition) is 1. The van der Waals surface area contributed by atoms with Crippen LogP contribution in [0.2, 0.25) is 0 Å². The highest BCUT2D eigenvalue weighted by Gasteiger charge is 2.27. The van der Waals surface area contributed by atoms with Crippen molar-refractivity contribution in [3.05, 3.63) is 66.1 Å². The molecule has 0 radical (unpaired) electrons. The Morgan fingerprint density at radius 1 is 1.09 bits per heavy atom. The Hall–Kier alpha value is -3.95. The third-order valence-corrected chi connectivity index (χ3v) is 5.21. The number of alkyl halides is 3. The molecule has 0 saturated carbocycles. The zero-order valence-electron chi connectivity index (χ0n) is 18.9. The average Bonchev–Trinajstić information content (AvgIpc) is 3.21. The molecule has 10 heteroatoms. The number of carbonyl (C=O) groups is 1. The summed E-state index contributed by atoms with van der Waals surface area (Å²) in [6.45, 7) is 0.610. The minimum absolute atomic E-state index is 0.149. The molecule has 0 saturated heterocycles. The van der Waals surface area contributed by atoms with Gasteiger partial charge in [-0.05, 0) is 30.7 Å². The van der Waals surface area contributed by atoms with Crippen molar-refractivity contribution in [2.45, 2.75) is 19.5 Å². The topological polar surface area (TPSA) is 75.4 Å². The molecule has 0 atom stereocenters. The van der Waals surface area contributed by atoms with E-state index in [2.05, 4.69) is 15.0 Å². The van der Waals surface area contributed by atoms with Crippen molar-refractivity contribution in [1.29, 1.82) is 0 Å². The van der Waals surface area contributed by atoms with Gasteiger partial charge in [0.15, 0.2) is 5.82 Å². The smallest absolute Gasteiger partial charge is 0.362 e. The number of aryl methyl sites for hydroxylation is 1. The first-order valence-electron chi connectivity index (χ1n) is 10.5. The van der Waals surface area contributed by atoms with Crippen molar-refractivity contribution < 1.29 is 18.0 Å². The molecular weight excluding hydrogens is 445 g/mol. The number of nitrogens with zero attached hydrogens (tertiary/aromatic N) is 5. The number of aromatic nitrogens is 4. The second kappa shape index (κ2) is 9.12. The van der Waals surface area contributed by atoms with E-state index in [-0.39, 0.29) is 6.42 Å². The monoisotopic (exact) mass is 468 g/mol. The molecule has 4 rings (SSSR count). The Morgan fingerprint density at radius 2 is 1.88 bits per heavy atom. The van der Waals surface area contributed by atoms with Crippen LogP contribution in [0.5, 0.6) is 0 Å². The summed E-state index contributed by atoms with van der Waals surface area (Å²) in [4.78, 5) is 27.4. The minimum atomic E-state index is -4.44. The molecule has 0 fully saturated rings. The molecule has 3 aromatic heterocycles. The molecule has 0 aliphatic heterocycles. The van der Waals surface area contributed by atoms with Gasteiger partial charge in [-0.3, -0.25) is 9.20 Å². The first-order valence-corrected chi connectivity index (χ1v) is 10.5. The van der Waals surface area contributed by atoms with Crippen LogP contribution in [0.25, 0.3) is 28.3 Å². The lowest BCUT2D eigenvalue weighted by atomic mass is 10.1. The van der Waals surface area contributed by atoms with Gasteiger partial charge in [-0.25, -0.2) is 15.0 Å². The second-order valence-corrected chi connectivity index (χ2v) is 8.15. The maximum Gasteiger partial charge on any atom is 0.405 e. The SMILES string of the molecule is Cc1cnc(-c2ccn3c(-c4cccc(CC(=O)NCC(F)(F)F)c4)cnc3c2)nc1N(C)C. The third kappa shape index (κ3) is 5.16. The van der Waals surface area contributed by atoms with Crippen LogP contribution >= 0.6 is 0 Å². The van der Waals surface area contributed by atoms with Gasteiger partial charge < -0.3 is 10.2 Å². The fourth-order valence-corrected chi connectivity index (χ4v) is 3.65. The van der Waals surface area contributed by atoms with Crippen molar-refractivity contribution in [1.82, 2.24) is 24.7 Å². The minimum Gasteiger partial charge on any atom is -0.362 e. The highest BCUT2D eigenvalue weighted by atomic mass is 19.4. The lowest BCUT2D eigenvalue weighted by Gasteiger charge is -2.14. The van der Waals surface area contributed by atoms with Crippen molar-refractivity contribution in [2.75, 3.05) is 25.5 Å². The molecule has 0 aliphatic carbocycles. The fourth-order valence-electron chi connectivity index (χ4n) is 3.65. The molecule has 0 unspecified atom stereocenters. The zero-order chi connectivity index (χ0) is 24.5. The number of amides is 1. The number of imidazole rings is 1. The highest BCUT2D eigenvalue weighted by Crippen LogP contribution is 2.26. The van der Waals surface area contributed by atoms with Gasteiger partial charge in [0.2, 0.25) is 5.91 Å². The van der Waals surface area contributed by atoms with E-state index in [4.69, 9.17) is 0 Å². The van der Waals surface area contributed by atoms with Gasteiger partial charge in [0.1, 0.15) is 18.0 Å². The van der Waals surface area contributed by atoms with Gasteiger partial charge in [0.25, 0.3) is 0 Å². The number of hydrogen-bond acceptors (Lipinski definition) is 5. The molecular formula is C24H23F3N6O. The molecule has 3 heterocycles. The average molecular weight is 468 g/mol. The molecule has 4 aromatic rings. The zero-order valence-corrected chi connectivity index (χ0v) is 18.9. The number of carbonyl (C=O) groups excluding carboxylic acids is 1. The van der Waals surface area contributed by atoms with E-state index >= 15 is 0 Å². The van der Waals surface area contributed by atoms with Crippen LogP contribution in [-0.4, -0.2) is 52.1 Å². The van der Waals surface area contributed by atoms with E-state index < -0.39 is 18.6 Å². The van der Waals surface area contributed by atoms with Gasteiger partial charge in [-0.2, -0.15) is 13.2 Å². The van der Waals surface area contributed by atoms with Crippen LogP contribution in [0.4, 0.5) is 19.0 Å².